The highest BCUT2D eigenvalue weighted by Crippen LogP contribution is 2.45. The van der Waals surface area contributed by atoms with Crippen LogP contribution in [0.4, 0.5) is 0 Å². The van der Waals surface area contributed by atoms with Gasteiger partial charge in [0.25, 0.3) is 0 Å². The molecule has 5 aromatic carbocycles. The third kappa shape index (κ3) is 3.23. The predicted octanol–water partition coefficient (Wildman–Crippen LogP) is 8.62. The van der Waals surface area contributed by atoms with Crippen molar-refractivity contribution in [1.82, 2.24) is 4.98 Å². The van der Waals surface area contributed by atoms with Gasteiger partial charge in [-0.15, -0.1) is 0 Å². The van der Waals surface area contributed by atoms with E-state index in [9.17, 15) is 0 Å². The molecule has 0 saturated carbocycles. The number of aryl methyl sites for hydroxylation is 2. The smallest absolute Gasteiger partial charge is 0.143 e. The summed E-state index contributed by atoms with van der Waals surface area (Å²) < 4.78 is 6.59. The summed E-state index contributed by atoms with van der Waals surface area (Å²) in [5.74, 6) is 1.72. The Morgan fingerprint density at radius 2 is 1.33 bits per heavy atom. The van der Waals surface area contributed by atoms with Gasteiger partial charge in [0.05, 0.1) is 0 Å². The predicted molar refractivity (Wildman–Crippen MR) is 138 cm³/mol. The summed E-state index contributed by atoms with van der Waals surface area (Å²) in [6.45, 7) is 4.24. The first-order chi connectivity index (χ1) is 16.2. The Morgan fingerprint density at radius 3 is 2.18 bits per heavy atom. The monoisotopic (exact) mass is 425 g/mol. The Bertz CT molecular complexity index is 1600. The summed E-state index contributed by atoms with van der Waals surface area (Å²) >= 11 is 0. The fraction of sp³-hybridized carbons (Fsp3) is 0.0645. The second kappa shape index (κ2) is 7.75. The van der Waals surface area contributed by atoms with Crippen LogP contribution >= 0.6 is 0 Å². The summed E-state index contributed by atoms with van der Waals surface area (Å²) in [6, 6.07) is 31.9. The van der Waals surface area contributed by atoms with Crippen LogP contribution in [0.5, 0.6) is 11.5 Å². The average Bonchev–Trinajstić information content (AvgIpc) is 2.86. The molecule has 33 heavy (non-hydrogen) atoms. The van der Waals surface area contributed by atoms with E-state index in [-0.39, 0.29) is 0 Å². The molecule has 6 rings (SSSR count). The van der Waals surface area contributed by atoms with Gasteiger partial charge < -0.3 is 4.74 Å². The van der Waals surface area contributed by atoms with Crippen LogP contribution in [-0.4, -0.2) is 4.98 Å². The Labute approximate surface area is 193 Å². The maximum atomic E-state index is 6.59. The molecule has 158 valence electrons. The minimum Gasteiger partial charge on any atom is -0.456 e. The normalized spacial score (nSPS) is 11.3. The van der Waals surface area contributed by atoms with Gasteiger partial charge in [-0.3, -0.25) is 4.98 Å². The van der Waals surface area contributed by atoms with Crippen LogP contribution in [0.15, 0.2) is 103 Å². The van der Waals surface area contributed by atoms with E-state index in [1.165, 1.54) is 33.0 Å². The lowest BCUT2D eigenvalue weighted by Crippen LogP contribution is -1.94. The number of fused-ring (bicyclic) bond motifs is 3. The van der Waals surface area contributed by atoms with Crippen molar-refractivity contribution in [2.75, 3.05) is 0 Å². The van der Waals surface area contributed by atoms with Crippen LogP contribution in [0.1, 0.15) is 11.1 Å². The summed E-state index contributed by atoms with van der Waals surface area (Å²) in [5, 5.41) is 6.87. The molecule has 0 radical (unpaired) electrons. The van der Waals surface area contributed by atoms with Crippen LogP contribution in [0.2, 0.25) is 0 Å². The van der Waals surface area contributed by atoms with E-state index in [0.29, 0.717) is 0 Å². The molecule has 1 heterocycles. The number of hydrogen-bond donors (Lipinski definition) is 0. The zero-order valence-corrected chi connectivity index (χ0v) is 18.7. The number of rotatable bonds is 3. The molecule has 0 bridgehead atoms. The van der Waals surface area contributed by atoms with Crippen molar-refractivity contribution in [3.05, 3.63) is 115 Å². The van der Waals surface area contributed by atoms with Gasteiger partial charge in [0.2, 0.25) is 0 Å². The fourth-order valence-electron chi connectivity index (χ4n) is 4.72. The van der Waals surface area contributed by atoms with Gasteiger partial charge in [0.15, 0.2) is 0 Å². The van der Waals surface area contributed by atoms with Crippen molar-refractivity contribution < 1.29 is 4.74 Å². The highest BCUT2D eigenvalue weighted by molar-refractivity contribution is 6.19. The topological polar surface area (TPSA) is 22.1 Å². The van der Waals surface area contributed by atoms with Crippen LogP contribution in [0, 0.1) is 13.8 Å². The Balaban J connectivity index is 1.70. The van der Waals surface area contributed by atoms with E-state index in [4.69, 9.17) is 4.74 Å². The molecular weight excluding hydrogens is 402 g/mol. The van der Waals surface area contributed by atoms with E-state index in [1.54, 1.807) is 0 Å². The number of hydrogen-bond acceptors (Lipinski definition) is 2. The molecule has 2 heteroatoms. The third-order valence-electron chi connectivity index (χ3n) is 6.53. The van der Waals surface area contributed by atoms with Crippen LogP contribution < -0.4 is 4.74 Å². The maximum Gasteiger partial charge on any atom is 0.143 e. The van der Waals surface area contributed by atoms with Crippen molar-refractivity contribution >= 4 is 32.3 Å². The largest absolute Gasteiger partial charge is 0.456 e. The van der Waals surface area contributed by atoms with Crippen molar-refractivity contribution in [3.63, 3.8) is 0 Å². The second-order valence-electron chi connectivity index (χ2n) is 8.55. The molecular formula is C31H23NO. The van der Waals surface area contributed by atoms with Crippen molar-refractivity contribution in [3.8, 4) is 22.6 Å². The van der Waals surface area contributed by atoms with Gasteiger partial charge >= 0.3 is 0 Å². The molecule has 0 spiro atoms. The zero-order chi connectivity index (χ0) is 22.4. The average molecular weight is 426 g/mol. The first kappa shape index (κ1) is 19.5. The zero-order valence-electron chi connectivity index (χ0n) is 18.7. The molecule has 0 aliphatic rings. The first-order valence-electron chi connectivity index (χ1n) is 11.2. The molecule has 0 aliphatic heterocycles. The van der Waals surface area contributed by atoms with Crippen molar-refractivity contribution in [2.45, 2.75) is 13.8 Å². The van der Waals surface area contributed by atoms with Gasteiger partial charge in [-0.2, -0.15) is 0 Å². The van der Waals surface area contributed by atoms with Gasteiger partial charge in [-0.1, -0.05) is 72.8 Å². The van der Waals surface area contributed by atoms with E-state index < -0.39 is 0 Å². The molecule has 2 nitrogen and oxygen atoms in total. The van der Waals surface area contributed by atoms with Gasteiger partial charge in [-0.25, -0.2) is 0 Å². The molecule has 6 aromatic rings. The molecule has 0 aliphatic carbocycles. The van der Waals surface area contributed by atoms with Crippen LogP contribution in [0.25, 0.3) is 43.4 Å². The fourth-order valence-corrected chi connectivity index (χ4v) is 4.72. The molecule has 0 amide bonds. The number of pyridine rings is 1. The van der Waals surface area contributed by atoms with Crippen LogP contribution in [0.3, 0.4) is 0 Å². The number of benzene rings is 5. The lowest BCUT2D eigenvalue weighted by Gasteiger charge is -2.18. The molecule has 0 atom stereocenters. The van der Waals surface area contributed by atoms with E-state index >= 15 is 0 Å². The lowest BCUT2D eigenvalue weighted by atomic mass is 9.89. The Kier molecular flexibility index (Phi) is 4.58. The Morgan fingerprint density at radius 1 is 0.606 bits per heavy atom. The van der Waals surface area contributed by atoms with Gasteiger partial charge in [-0.05, 0) is 70.5 Å². The maximum absolute atomic E-state index is 6.59. The van der Waals surface area contributed by atoms with Crippen molar-refractivity contribution in [2.24, 2.45) is 0 Å². The number of nitrogens with zero attached hydrogens (tertiary/aromatic N) is 1. The highest BCUT2D eigenvalue weighted by atomic mass is 16.5. The van der Waals surface area contributed by atoms with E-state index in [1.807, 2.05) is 18.5 Å². The number of aromatic nitrogens is 1. The summed E-state index contributed by atoms with van der Waals surface area (Å²) in [6.07, 6.45) is 3.81. The van der Waals surface area contributed by atoms with Gasteiger partial charge in [0, 0.05) is 28.6 Å². The summed E-state index contributed by atoms with van der Waals surface area (Å²) in [4.78, 5) is 4.50. The first-order valence-corrected chi connectivity index (χ1v) is 11.2. The molecule has 0 fully saturated rings. The van der Waals surface area contributed by atoms with E-state index in [2.05, 4.69) is 104 Å². The molecule has 0 unspecified atom stereocenters. The number of ether oxygens (including phenoxy) is 1. The SMILES string of the molecule is Cc1ccc(Oc2c3ccccc3c(-c3cccc4ccccc34)c3cnccc23)cc1C. The van der Waals surface area contributed by atoms with Gasteiger partial charge in [0.1, 0.15) is 11.5 Å². The second-order valence-corrected chi connectivity index (χ2v) is 8.55. The minimum atomic E-state index is 0.847. The standard InChI is InChI=1S/C31H23NO/c1-20-14-15-23(18-21(20)2)33-31-27-12-6-5-11-26(27)30(29-19-32-17-16-28(29)31)25-13-7-9-22-8-3-4-10-24(22)25/h3-19H,1-2H3. The lowest BCUT2D eigenvalue weighted by molar-refractivity contribution is 0.493. The van der Waals surface area contributed by atoms with Crippen LogP contribution in [-0.2, 0) is 0 Å². The molecule has 1 aromatic heterocycles. The summed E-state index contributed by atoms with van der Waals surface area (Å²) in [7, 11) is 0. The molecule has 0 saturated heterocycles. The minimum absolute atomic E-state index is 0.847. The molecule has 0 N–H and O–H groups in total. The summed E-state index contributed by atoms with van der Waals surface area (Å²) in [5.41, 5.74) is 4.88. The van der Waals surface area contributed by atoms with E-state index in [0.717, 1.165) is 33.0 Å². The van der Waals surface area contributed by atoms with Crippen molar-refractivity contribution in [1.29, 1.82) is 0 Å². The quantitative estimate of drug-likeness (QED) is 0.265. The third-order valence-corrected chi connectivity index (χ3v) is 6.53. The Hall–Kier alpha value is -4.17. The highest BCUT2D eigenvalue weighted by Gasteiger charge is 2.18.